The van der Waals surface area contributed by atoms with Crippen molar-refractivity contribution >= 4 is 6.41 Å². The highest BCUT2D eigenvalue weighted by Crippen LogP contribution is 2.23. The summed E-state index contributed by atoms with van der Waals surface area (Å²) in [5.41, 5.74) is 0.817. The summed E-state index contributed by atoms with van der Waals surface area (Å²) in [5, 5.41) is 0. The van der Waals surface area contributed by atoms with E-state index in [1.54, 1.807) is 18.3 Å². The van der Waals surface area contributed by atoms with Crippen LogP contribution in [-0.4, -0.2) is 33.9 Å². The van der Waals surface area contributed by atoms with Crippen LogP contribution in [-0.2, 0) is 11.2 Å². The van der Waals surface area contributed by atoms with Crippen molar-refractivity contribution in [1.29, 1.82) is 0 Å². The van der Waals surface area contributed by atoms with Gasteiger partial charge in [0, 0.05) is 18.8 Å². The summed E-state index contributed by atoms with van der Waals surface area (Å²) in [4.78, 5) is 21.8. The number of nitrogens with zero attached hydrogens (tertiary/aromatic N) is 3. The van der Waals surface area contributed by atoms with Crippen LogP contribution < -0.4 is 4.74 Å². The zero-order chi connectivity index (χ0) is 17.5. The third-order valence-electron chi connectivity index (χ3n) is 4.48. The van der Waals surface area contributed by atoms with E-state index in [4.69, 9.17) is 4.74 Å². The van der Waals surface area contributed by atoms with E-state index in [1.807, 2.05) is 4.90 Å². The quantitative estimate of drug-likeness (QED) is 0.685. The van der Waals surface area contributed by atoms with Crippen LogP contribution in [0.4, 0.5) is 4.39 Å². The minimum absolute atomic E-state index is 0.311. The molecule has 5 nitrogen and oxygen atoms in total. The highest BCUT2D eigenvalue weighted by molar-refractivity contribution is 5.47. The number of carbonyl (C=O) groups excluding carboxylic acids is 1. The Balaban J connectivity index is 1.52. The van der Waals surface area contributed by atoms with Gasteiger partial charge in [-0.3, -0.25) is 9.78 Å². The third-order valence-corrected chi connectivity index (χ3v) is 4.48. The van der Waals surface area contributed by atoms with Crippen LogP contribution in [0.5, 0.6) is 11.6 Å². The molecule has 1 fully saturated rings. The summed E-state index contributed by atoms with van der Waals surface area (Å²) in [6.45, 7) is 0.735. The number of aryl methyl sites for hydroxylation is 1. The fourth-order valence-electron chi connectivity index (χ4n) is 3.18. The van der Waals surface area contributed by atoms with Gasteiger partial charge in [-0.25, -0.2) is 9.37 Å². The largest absolute Gasteiger partial charge is 0.437 e. The van der Waals surface area contributed by atoms with Crippen LogP contribution in [0, 0.1) is 5.82 Å². The van der Waals surface area contributed by atoms with Crippen LogP contribution in [0.2, 0.25) is 0 Å². The zero-order valence-electron chi connectivity index (χ0n) is 14.1. The van der Waals surface area contributed by atoms with Crippen molar-refractivity contribution in [3.63, 3.8) is 0 Å². The predicted octanol–water partition coefficient (Wildman–Crippen LogP) is 3.74. The monoisotopic (exact) mass is 343 g/mol. The van der Waals surface area contributed by atoms with Crippen LogP contribution >= 0.6 is 0 Å². The molecule has 0 atom stereocenters. The Morgan fingerprint density at radius 3 is 2.68 bits per heavy atom. The van der Waals surface area contributed by atoms with Gasteiger partial charge < -0.3 is 9.64 Å². The second-order valence-corrected chi connectivity index (χ2v) is 6.29. The smallest absolute Gasteiger partial charge is 0.238 e. The Bertz CT molecular complexity index is 687. The molecule has 0 radical (unpaired) electrons. The Kier molecular flexibility index (Phi) is 5.93. The molecule has 0 bridgehead atoms. The number of hydrogen-bond donors (Lipinski definition) is 0. The van der Waals surface area contributed by atoms with Crippen LogP contribution in [0.3, 0.4) is 0 Å². The first-order chi connectivity index (χ1) is 12.2. The Morgan fingerprint density at radius 1 is 1.20 bits per heavy atom. The first-order valence-corrected chi connectivity index (χ1v) is 8.70. The highest BCUT2D eigenvalue weighted by Gasteiger charge is 2.20. The number of carbonyl (C=O) groups is 1. The van der Waals surface area contributed by atoms with Crippen LogP contribution in [0.15, 0.2) is 36.7 Å². The molecule has 1 heterocycles. The maximum atomic E-state index is 12.9. The molecule has 6 heteroatoms. The molecule has 0 aliphatic heterocycles. The van der Waals surface area contributed by atoms with Crippen molar-refractivity contribution < 1.29 is 13.9 Å². The van der Waals surface area contributed by atoms with Crippen LogP contribution in [0.1, 0.15) is 37.8 Å². The van der Waals surface area contributed by atoms with E-state index in [0.717, 1.165) is 44.3 Å². The number of hydrogen-bond acceptors (Lipinski definition) is 4. The van der Waals surface area contributed by atoms with Crippen molar-refractivity contribution in [3.8, 4) is 11.6 Å². The fourth-order valence-corrected chi connectivity index (χ4v) is 3.18. The molecule has 25 heavy (non-hydrogen) atoms. The average molecular weight is 343 g/mol. The van der Waals surface area contributed by atoms with E-state index in [0.29, 0.717) is 17.7 Å². The molecule has 0 spiro atoms. The molecule has 132 valence electrons. The van der Waals surface area contributed by atoms with Gasteiger partial charge in [0.05, 0.1) is 11.9 Å². The minimum atomic E-state index is -0.311. The summed E-state index contributed by atoms with van der Waals surface area (Å²) in [6, 6.07) is 6.17. The van der Waals surface area contributed by atoms with E-state index in [-0.39, 0.29) is 5.82 Å². The van der Waals surface area contributed by atoms with Crippen molar-refractivity contribution in [2.45, 2.75) is 44.6 Å². The maximum Gasteiger partial charge on any atom is 0.238 e. The van der Waals surface area contributed by atoms with E-state index in [2.05, 4.69) is 9.97 Å². The minimum Gasteiger partial charge on any atom is -0.437 e. The molecule has 2 aromatic rings. The molecule has 1 aromatic carbocycles. The number of halogens is 1. The molecule has 3 rings (SSSR count). The average Bonchev–Trinajstić information content (AvgIpc) is 3.16. The van der Waals surface area contributed by atoms with Gasteiger partial charge in [0.15, 0.2) is 0 Å². The lowest BCUT2D eigenvalue weighted by molar-refractivity contribution is -0.120. The van der Waals surface area contributed by atoms with Crippen molar-refractivity contribution in [2.75, 3.05) is 6.54 Å². The third kappa shape index (κ3) is 4.98. The lowest BCUT2D eigenvalue weighted by atomic mass is 10.2. The van der Waals surface area contributed by atoms with Gasteiger partial charge in [0.2, 0.25) is 12.3 Å². The number of ether oxygens (including phenoxy) is 1. The Hall–Kier alpha value is -2.50. The molecular weight excluding hydrogens is 321 g/mol. The number of rotatable bonds is 8. The summed E-state index contributed by atoms with van der Waals surface area (Å²) < 4.78 is 18.5. The maximum absolute atomic E-state index is 12.9. The normalized spacial score (nSPS) is 14.4. The van der Waals surface area contributed by atoms with Gasteiger partial charge >= 0.3 is 0 Å². The van der Waals surface area contributed by atoms with Gasteiger partial charge in [0.1, 0.15) is 11.6 Å². The molecule has 1 amide bonds. The van der Waals surface area contributed by atoms with Gasteiger partial charge in [-0.2, -0.15) is 0 Å². The molecule has 1 aromatic heterocycles. The van der Waals surface area contributed by atoms with Gasteiger partial charge in [0.25, 0.3) is 0 Å². The standard InChI is InChI=1S/C19H22FN3O2/c20-15-7-9-18(10-8-15)25-19-13-21-12-16(22-19)4-3-11-23(14-24)17-5-1-2-6-17/h7-10,12-14,17H,1-6,11H2. The molecule has 1 aliphatic carbocycles. The van der Waals surface area contributed by atoms with Crippen molar-refractivity contribution in [2.24, 2.45) is 0 Å². The summed E-state index contributed by atoms with van der Waals surface area (Å²) >= 11 is 0. The van der Waals surface area contributed by atoms with Crippen LogP contribution in [0.25, 0.3) is 0 Å². The lowest BCUT2D eigenvalue weighted by Crippen LogP contribution is -2.33. The zero-order valence-corrected chi connectivity index (χ0v) is 14.1. The molecule has 1 saturated carbocycles. The highest BCUT2D eigenvalue weighted by atomic mass is 19.1. The fraction of sp³-hybridized carbons (Fsp3) is 0.421. The molecule has 0 N–H and O–H groups in total. The Morgan fingerprint density at radius 2 is 1.96 bits per heavy atom. The molecule has 0 saturated heterocycles. The molecule has 1 aliphatic rings. The van der Waals surface area contributed by atoms with E-state index < -0.39 is 0 Å². The topological polar surface area (TPSA) is 55.3 Å². The predicted molar refractivity (Wildman–Crippen MR) is 91.9 cm³/mol. The first kappa shape index (κ1) is 17.3. The molecular formula is C19H22FN3O2. The van der Waals surface area contributed by atoms with Crippen molar-refractivity contribution in [1.82, 2.24) is 14.9 Å². The Labute approximate surface area is 146 Å². The van der Waals surface area contributed by atoms with Gasteiger partial charge in [-0.1, -0.05) is 12.8 Å². The van der Waals surface area contributed by atoms with Gasteiger partial charge in [-0.05, 0) is 49.9 Å². The first-order valence-electron chi connectivity index (χ1n) is 8.70. The second-order valence-electron chi connectivity index (χ2n) is 6.29. The van der Waals surface area contributed by atoms with E-state index in [9.17, 15) is 9.18 Å². The van der Waals surface area contributed by atoms with E-state index >= 15 is 0 Å². The number of benzene rings is 1. The van der Waals surface area contributed by atoms with Crippen molar-refractivity contribution in [3.05, 3.63) is 48.2 Å². The summed E-state index contributed by atoms with van der Waals surface area (Å²) in [7, 11) is 0. The lowest BCUT2D eigenvalue weighted by Gasteiger charge is -2.24. The number of amides is 1. The summed E-state index contributed by atoms with van der Waals surface area (Å²) in [6.07, 6.45) is 10.4. The summed E-state index contributed by atoms with van der Waals surface area (Å²) in [5.74, 6) is 0.586. The van der Waals surface area contributed by atoms with E-state index in [1.165, 1.54) is 31.2 Å². The SMILES string of the molecule is O=CN(CCCc1cncc(Oc2ccc(F)cc2)n1)C1CCCC1. The molecule has 0 unspecified atom stereocenters. The van der Waals surface area contributed by atoms with Gasteiger partial charge in [-0.15, -0.1) is 0 Å². The second kappa shape index (κ2) is 8.55. The number of aromatic nitrogens is 2.